The van der Waals surface area contributed by atoms with Crippen molar-refractivity contribution in [1.29, 1.82) is 0 Å². The number of rotatable bonds is 4. The quantitative estimate of drug-likeness (QED) is 0.435. The molecular weight excluding hydrogens is 397 g/mol. The molecule has 0 radical (unpaired) electrons. The third-order valence-corrected chi connectivity index (χ3v) is 4.26. The molecule has 3 nitrogen and oxygen atoms in total. The molecule has 0 spiro atoms. The summed E-state index contributed by atoms with van der Waals surface area (Å²) in [6.45, 7) is 4.31. The SMILES string of the molecule is CCc1cccc(NC(N)=NC2CC2c2ccccc2C)c1.I. The predicted molar refractivity (Wildman–Crippen MR) is 109 cm³/mol. The second kappa shape index (κ2) is 7.81. The normalized spacial score (nSPS) is 19.8. The van der Waals surface area contributed by atoms with Crippen LogP contribution >= 0.6 is 24.0 Å². The molecule has 1 saturated carbocycles. The fourth-order valence-corrected chi connectivity index (χ4v) is 2.89. The first-order valence-electron chi connectivity index (χ1n) is 7.92. The fourth-order valence-electron chi connectivity index (χ4n) is 2.89. The Morgan fingerprint density at radius 3 is 2.74 bits per heavy atom. The van der Waals surface area contributed by atoms with Crippen molar-refractivity contribution in [3.8, 4) is 0 Å². The molecule has 2 aromatic rings. The number of guanidine groups is 1. The molecule has 1 aliphatic rings. The first kappa shape index (κ1) is 17.8. The number of benzene rings is 2. The molecule has 0 amide bonds. The molecule has 1 aliphatic carbocycles. The minimum atomic E-state index is 0. The number of halogens is 1. The molecule has 2 aromatic carbocycles. The lowest BCUT2D eigenvalue weighted by atomic mass is 10.0. The molecule has 0 aliphatic heterocycles. The summed E-state index contributed by atoms with van der Waals surface area (Å²) < 4.78 is 0. The summed E-state index contributed by atoms with van der Waals surface area (Å²) in [4.78, 5) is 4.62. The topological polar surface area (TPSA) is 50.4 Å². The number of nitrogens with one attached hydrogen (secondary N) is 1. The molecular formula is C19H24IN3. The van der Waals surface area contributed by atoms with Gasteiger partial charge in [0.05, 0.1) is 6.04 Å². The van der Waals surface area contributed by atoms with Crippen LogP contribution in [0.3, 0.4) is 0 Å². The second-order valence-electron chi connectivity index (χ2n) is 5.96. The summed E-state index contributed by atoms with van der Waals surface area (Å²) in [6.07, 6.45) is 2.10. The maximum Gasteiger partial charge on any atom is 0.193 e. The van der Waals surface area contributed by atoms with Gasteiger partial charge < -0.3 is 11.1 Å². The fraction of sp³-hybridized carbons (Fsp3) is 0.316. The summed E-state index contributed by atoms with van der Waals surface area (Å²) in [7, 11) is 0. The van der Waals surface area contributed by atoms with Crippen molar-refractivity contribution in [1.82, 2.24) is 0 Å². The van der Waals surface area contributed by atoms with E-state index in [-0.39, 0.29) is 24.0 Å². The lowest BCUT2D eigenvalue weighted by Gasteiger charge is -2.07. The molecule has 3 N–H and O–H groups in total. The van der Waals surface area contributed by atoms with Crippen LogP contribution in [0.1, 0.15) is 36.0 Å². The standard InChI is InChI=1S/C19H23N3.HI/c1-3-14-8-6-9-15(11-14)21-19(20)22-18-12-17(18)16-10-5-4-7-13(16)2;/h4-11,17-18H,3,12H2,1-2H3,(H3,20,21,22);1H. The summed E-state index contributed by atoms with van der Waals surface area (Å²) >= 11 is 0. The van der Waals surface area contributed by atoms with Gasteiger partial charge in [-0.1, -0.05) is 43.3 Å². The van der Waals surface area contributed by atoms with Gasteiger partial charge in [-0.15, -0.1) is 24.0 Å². The highest BCUT2D eigenvalue weighted by Gasteiger charge is 2.39. The summed E-state index contributed by atoms with van der Waals surface area (Å²) in [5.74, 6) is 1.03. The van der Waals surface area contributed by atoms with Crippen LogP contribution in [-0.4, -0.2) is 12.0 Å². The van der Waals surface area contributed by atoms with Crippen LogP contribution in [-0.2, 0) is 6.42 Å². The summed E-state index contributed by atoms with van der Waals surface area (Å²) in [6, 6.07) is 17.1. The van der Waals surface area contributed by atoms with Gasteiger partial charge in [-0.25, -0.2) is 4.99 Å². The molecule has 0 aromatic heterocycles. The predicted octanol–water partition coefficient (Wildman–Crippen LogP) is 4.46. The zero-order chi connectivity index (χ0) is 15.5. The van der Waals surface area contributed by atoms with Crippen LogP contribution in [0.2, 0.25) is 0 Å². The minimum Gasteiger partial charge on any atom is -0.370 e. The maximum atomic E-state index is 6.06. The van der Waals surface area contributed by atoms with Crippen molar-refractivity contribution in [2.24, 2.45) is 10.7 Å². The van der Waals surface area contributed by atoms with Crippen LogP contribution < -0.4 is 11.1 Å². The van der Waals surface area contributed by atoms with Crippen LogP contribution in [0, 0.1) is 6.92 Å². The first-order valence-corrected chi connectivity index (χ1v) is 7.92. The Kier molecular flexibility index (Phi) is 6.04. The van der Waals surface area contributed by atoms with E-state index >= 15 is 0 Å². The van der Waals surface area contributed by atoms with Gasteiger partial charge in [0.15, 0.2) is 5.96 Å². The Morgan fingerprint density at radius 2 is 2.00 bits per heavy atom. The molecule has 4 heteroatoms. The third kappa shape index (κ3) is 4.47. The minimum absolute atomic E-state index is 0. The first-order chi connectivity index (χ1) is 10.7. The van der Waals surface area contributed by atoms with E-state index in [1.165, 1.54) is 16.7 Å². The number of anilines is 1. The molecule has 2 unspecified atom stereocenters. The number of hydrogen-bond donors (Lipinski definition) is 2. The molecule has 2 atom stereocenters. The van der Waals surface area contributed by atoms with E-state index in [1.54, 1.807) is 0 Å². The average Bonchev–Trinajstić information content (AvgIpc) is 3.26. The van der Waals surface area contributed by atoms with Gasteiger partial charge in [0.1, 0.15) is 0 Å². The van der Waals surface area contributed by atoms with Crippen LogP contribution in [0.4, 0.5) is 5.69 Å². The lowest BCUT2D eigenvalue weighted by molar-refractivity contribution is 0.975. The zero-order valence-electron chi connectivity index (χ0n) is 13.6. The van der Waals surface area contributed by atoms with Gasteiger partial charge in [0, 0.05) is 11.6 Å². The molecule has 0 saturated heterocycles. The smallest absolute Gasteiger partial charge is 0.193 e. The maximum absolute atomic E-state index is 6.06. The number of nitrogens with two attached hydrogens (primary N) is 1. The number of hydrogen-bond acceptors (Lipinski definition) is 1. The Hall–Kier alpha value is -1.56. The Labute approximate surface area is 155 Å². The molecule has 1 fully saturated rings. The van der Waals surface area contributed by atoms with E-state index < -0.39 is 0 Å². The largest absolute Gasteiger partial charge is 0.370 e. The summed E-state index contributed by atoms with van der Waals surface area (Å²) in [5, 5.41) is 3.20. The molecule has 23 heavy (non-hydrogen) atoms. The Morgan fingerprint density at radius 1 is 1.22 bits per heavy atom. The van der Waals surface area contributed by atoms with E-state index in [0.29, 0.717) is 17.9 Å². The Bertz CT molecular complexity index is 697. The van der Waals surface area contributed by atoms with E-state index in [0.717, 1.165) is 18.5 Å². The van der Waals surface area contributed by atoms with E-state index in [4.69, 9.17) is 5.73 Å². The number of aryl methyl sites for hydroxylation is 2. The molecule has 0 bridgehead atoms. The van der Waals surface area contributed by atoms with Gasteiger partial charge >= 0.3 is 0 Å². The molecule has 122 valence electrons. The van der Waals surface area contributed by atoms with Gasteiger partial charge in [0.2, 0.25) is 0 Å². The highest BCUT2D eigenvalue weighted by molar-refractivity contribution is 14.0. The van der Waals surface area contributed by atoms with E-state index in [1.807, 2.05) is 12.1 Å². The van der Waals surface area contributed by atoms with Gasteiger partial charge in [-0.05, 0) is 48.6 Å². The van der Waals surface area contributed by atoms with Gasteiger partial charge in [-0.3, -0.25) is 0 Å². The Balaban J connectivity index is 0.00000192. The average molecular weight is 421 g/mol. The summed E-state index contributed by atoms with van der Waals surface area (Å²) in [5.41, 5.74) is 11.1. The van der Waals surface area contributed by atoms with Crippen LogP contribution in [0.5, 0.6) is 0 Å². The second-order valence-corrected chi connectivity index (χ2v) is 5.96. The monoisotopic (exact) mass is 421 g/mol. The van der Waals surface area contributed by atoms with Gasteiger partial charge in [-0.2, -0.15) is 0 Å². The molecule has 3 rings (SSSR count). The third-order valence-electron chi connectivity index (χ3n) is 4.26. The van der Waals surface area contributed by atoms with Crippen molar-refractivity contribution in [2.75, 3.05) is 5.32 Å². The van der Waals surface area contributed by atoms with E-state index in [9.17, 15) is 0 Å². The van der Waals surface area contributed by atoms with Crippen molar-refractivity contribution in [3.05, 3.63) is 65.2 Å². The van der Waals surface area contributed by atoms with Crippen molar-refractivity contribution < 1.29 is 0 Å². The number of aliphatic imine (C=N–C) groups is 1. The van der Waals surface area contributed by atoms with E-state index in [2.05, 4.69) is 60.6 Å². The van der Waals surface area contributed by atoms with Crippen molar-refractivity contribution in [2.45, 2.75) is 38.6 Å². The lowest BCUT2D eigenvalue weighted by Crippen LogP contribution is -2.23. The van der Waals surface area contributed by atoms with Crippen LogP contribution in [0.25, 0.3) is 0 Å². The zero-order valence-corrected chi connectivity index (χ0v) is 16.0. The number of nitrogens with zero attached hydrogens (tertiary/aromatic N) is 1. The highest BCUT2D eigenvalue weighted by Crippen LogP contribution is 2.44. The van der Waals surface area contributed by atoms with Crippen LogP contribution in [0.15, 0.2) is 53.5 Å². The van der Waals surface area contributed by atoms with Gasteiger partial charge in [0.25, 0.3) is 0 Å². The van der Waals surface area contributed by atoms with Crippen molar-refractivity contribution in [3.63, 3.8) is 0 Å². The highest BCUT2D eigenvalue weighted by atomic mass is 127. The molecule has 0 heterocycles. The van der Waals surface area contributed by atoms with Crippen molar-refractivity contribution >= 4 is 35.6 Å².